The van der Waals surface area contributed by atoms with E-state index < -0.39 is 5.97 Å². The first-order chi connectivity index (χ1) is 6.75. The van der Waals surface area contributed by atoms with Gasteiger partial charge in [-0.1, -0.05) is 20.8 Å². The molecule has 82 valence electrons. The van der Waals surface area contributed by atoms with Crippen molar-refractivity contribution in [3.8, 4) is 0 Å². The number of hydrogen-bond donors (Lipinski definition) is 2. The molecule has 0 heterocycles. The zero-order chi connectivity index (χ0) is 11.8. The molecule has 3 nitrogen and oxygen atoms in total. The van der Waals surface area contributed by atoms with E-state index in [-0.39, 0.29) is 5.41 Å². The van der Waals surface area contributed by atoms with Crippen molar-refractivity contribution in [1.29, 1.82) is 0 Å². The first kappa shape index (κ1) is 11.6. The lowest BCUT2D eigenvalue weighted by Crippen LogP contribution is -2.19. The van der Waals surface area contributed by atoms with E-state index in [1.807, 2.05) is 27.7 Å². The number of hydrogen-bond acceptors (Lipinski definition) is 2. The first-order valence-corrected chi connectivity index (χ1v) is 4.88. The fourth-order valence-corrected chi connectivity index (χ4v) is 1.87. The molecule has 0 amide bonds. The average molecular weight is 207 g/mol. The van der Waals surface area contributed by atoms with E-state index in [4.69, 9.17) is 10.8 Å². The summed E-state index contributed by atoms with van der Waals surface area (Å²) in [5.74, 6) is -0.900. The largest absolute Gasteiger partial charge is 0.478 e. The summed E-state index contributed by atoms with van der Waals surface area (Å²) in [6.45, 7) is 7.83. The molecule has 15 heavy (non-hydrogen) atoms. The molecule has 0 aliphatic carbocycles. The van der Waals surface area contributed by atoms with E-state index in [0.717, 1.165) is 11.1 Å². The van der Waals surface area contributed by atoms with Crippen LogP contribution in [0, 0.1) is 6.92 Å². The Hall–Kier alpha value is -1.51. The molecule has 1 aromatic carbocycles. The first-order valence-electron chi connectivity index (χ1n) is 4.88. The molecule has 0 aromatic heterocycles. The van der Waals surface area contributed by atoms with E-state index in [0.29, 0.717) is 11.3 Å². The number of carbonyl (C=O) groups is 1. The molecule has 0 fully saturated rings. The van der Waals surface area contributed by atoms with Gasteiger partial charge in [-0.25, -0.2) is 4.79 Å². The van der Waals surface area contributed by atoms with E-state index >= 15 is 0 Å². The van der Waals surface area contributed by atoms with Crippen molar-refractivity contribution in [1.82, 2.24) is 0 Å². The van der Waals surface area contributed by atoms with Crippen molar-refractivity contribution in [3.05, 3.63) is 28.8 Å². The lowest BCUT2D eigenvalue weighted by atomic mass is 9.80. The van der Waals surface area contributed by atoms with E-state index in [2.05, 4.69) is 0 Å². The number of carboxylic acid groups (broad SMARTS) is 1. The molecular weight excluding hydrogens is 190 g/mol. The third-order valence-electron chi connectivity index (χ3n) is 2.49. The minimum absolute atomic E-state index is 0.215. The number of rotatable bonds is 1. The molecule has 0 aliphatic rings. The molecule has 0 saturated heterocycles. The minimum Gasteiger partial charge on any atom is -0.478 e. The number of nitrogen functional groups attached to an aromatic ring is 1. The Balaban J connectivity index is 3.57. The number of aromatic carboxylic acids is 1. The van der Waals surface area contributed by atoms with Crippen molar-refractivity contribution in [2.45, 2.75) is 33.1 Å². The van der Waals surface area contributed by atoms with Crippen LogP contribution in [0.2, 0.25) is 0 Å². The quantitative estimate of drug-likeness (QED) is 0.696. The fourth-order valence-electron chi connectivity index (χ4n) is 1.87. The maximum absolute atomic E-state index is 11.1. The molecule has 3 heteroatoms. The summed E-state index contributed by atoms with van der Waals surface area (Å²) < 4.78 is 0. The lowest BCUT2D eigenvalue weighted by Gasteiger charge is -2.24. The van der Waals surface area contributed by atoms with Crippen LogP contribution in [0.15, 0.2) is 12.1 Å². The molecule has 0 saturated carbocycles. The lowest BCUT2D eigenvalue weighted by molar-refractivity contribution is 0.0694. The molecular formula is C12H17NO2. The van der Waals surface area contributed by atoms with Crippen LogP contribution in [0.1, 0.15) is 42.3 Å². The fraction of sp³-hybridized carbons (Fsp3) is 0.417. The molecule has 0 atom stereocenters. The second kappa shape index (κ2) is 3.57. The van der Waals surface area contributed by atoms with Crippen LogP contribution in [0.5, 0.6) is 0 Å². The summed E-state index contributed by atoms with van der Waals surface area (Å²) in [7, 11) is 0. The van der Waals surface area contributed by atoms with E-state index in [9.17, 15) is 4.79 Å². The Morgan fingerprint density at radius 3 is 2.27 bits per heavy atom. The van der Waals surface area contributed by atoms with Crippen molar-refractivity contribution in [2.75, 3.05) is 5.73 Å². The van der Waals surface area contributed by atoms with Crippen molar-refractivity contribution >= 4 is 11.7 Å². The molecule has 0 aliphatic heterocycles. The van der Waals surface area contributed by atoms with Crippen LogP contribution in [0.3, 0.4) is 0 Å². The van der Waals surface area contributed by atoms with Gasteiger partial charge in [0.15, 0.2) is 0 Å². The topological polar surface area (TPSA) is 63.3 Å². The Morgan fingerprint density at radius 2 is 1.87 bits per heavy atom. The Kier molecular flexibility index (Phi) is 2.75. The van der Waals surface area contributed by atoms with Crippen LogP contribution in [-0.4, -0.2) is 11.1 Å². The predicted octanol–water partition coefficient (Wildman–Crippen LogP) is 2.57. The second-order valence-corrected chi connectivity index (χ2v) is 4.76. The highest BCUT2D eigenvalue weighted by Crippen LogP contribution is 2.32. The smallest absolute Gasteiger partial charge is 0.335 e. The van der Waals surface area contributed by atoms with Gasteiger partial charge < -0.3 is 10.8 Å². The van der Waals surface area contributed by atoms with Crippen molar-refractivity contribution < 1.29 is 9.90 Å². The highest BCUT2D eigenvalue weighted by atomic mass is 16.4. The van der Waals surface area contributed by atoms with Gasteiger partial charge in [0, 0.05) is 5.69 Å². The Labute approximate surface area is 89.9 Å². The maximum Gasteiger partial charge on any atom is 0.335 e. The molecule has 0 radical (unpaired) electrons. The standard InChI is InChI=1S/C12H17NO2/c1-7-9(13)6-5-8(11(14)15)10(7)12(2,3)4/h5-6H,13H2,1-4H3,(H,14,15). The van der Waals surface area contributed by atoms with Gasteiger partial charge in [0.2, 0.25) is 0 Å². The number of carboxylic acids is 1. The zero-order valence-electron chi connectivity index (χ0n) is 9.59. The van der Waals surface area contributed by atoms with Crippen LogP contribution in [0.25, 0.3) is 0 Å². The Bertz CT molecular complexity index is 403. The highest BCUT2D eigenvalue weighted by molar-refractivity contribution is 5.91. The third-order valence-corrected chi connectivity index (χ3v) is 2.49. The summed E-state index contributed by atoms with van der Waals surface area (Å²) in [6.07, 6.45) is 0. The third kappa shape index (κ3) is 2.12. The van der Waals surface area contributed by atoms with Gasteiger partial charge >= 0.3 is 5.97 Å². The molecule has 3 N–H and O–H groups in total. The van der Waals surface area contributed by atoms with Crippen molar-refractivity contribution in [2.24, 2.45) is 0 Å². The van der Waals surface area contributed by atoms with Gasteiger partial charge in [-0.15, -0.1) is 0 Å². The van der Waals surface area contributed by atoms with Crippen molar-refractivity contribution in [3.63, 3.8) is 0 Å². The molecule has 0 spiro atoms. The van der Waals surface area contributed by atoms with Crippen LogP contribution in [0.4, 0.5) is 5.69 Å². The van der Waals surface area contributed by atoms with Crippen LogP contribution >= 0.6 is 0 Å². The predicted molar refractivity (Wildman–Crippen MR) is 61.3 cm³/mol. The normalized spacial score (nSPS) is 11.5. The summed E-state index contributed by atoms with van der Waals surface area (Å²) in [4.78, 5) is 11.1. The summed E-state index contributed by atoms with van der Waals surface area (Å²) in [5.41, 5.74) is 8.24. The second-order valence-electron chi connectivity index (χ2n) is 4.76. The summed E-state index contributed by atoms with van der Waals surface area (Å²) >= 11 is 0. The maximum atomic E-state index is 11.1. The number of nitrogens with two attached hydrogens (primary N) is 1. The summed E-state index contributed by atoms with van der Waals surface area (Å²) in [6, 6.07) is 3.22. The van der Waals surface area contributed by atoms with Gasteiger partial charge in [0.25, 0.3) is 0 Å². The van der Waals surface area contributed by atoms with Crippen LogP contribution < -0.4 is 5.73 Å². The monoisotopic (exact) mass is 207 g/mol. The minimum atomic E-state index is -0.900. The molecule has 0 bridgehead atoms. The zero-order valence-corrected chi connectivity index (χ0v) is 9.59. The number of anilines is 1. The molecule has 0 unspecified atom stereocenters. The van der Waals surface area contributed by atoms with Gasteiger partial charge in [-0.2, -0.15) is 0 Å². The SMILES string of the molecule is Cc1c(N)ccc(C(=O)O)c1C(C)(C)C. The number of benzene rings is 1. The highest BCUT2D eigenvalue weighted by Gasteiger charge is 2.24. The summed E-state index contributed by atoms with van der Waals surface area (Å²) in [5, 5.41) is 9.10. The average Bonchev–Trinajstić information content (AvgIpc) is 2.06. The van der Waals surface area contributed by atoms with Gasteiger partial charge in [-0.05, 0) is 35.6 Å². The van der Waals surface area contributed by atoms with E-state index in [1.54, 1.807) is 12.1 Å². The van der Waals surface area contributed by atoms with E-state index in [1.165, 1.54) is 0 Å². The molecule has 1 aromatic rings. The van der Waals surface area contributed by atoms with Gasteiger partial charge in [0.1, 0.15) is 0 Å². The van der Waals surface area contributed by atoms with Gasteiger partial charge in [-0.3, -0.25) is 0 Å². The Morgan fingerprint density at radius 1 is 1.33 bits per heavy atom. The van der Waals surface area contributed by atoms with Gasteiger partial charge in [0.05, 0.1) is 5.56 Å². The van der Waals surface area contributed by atoms with Crippen LogP contribution in [-0.2, 0) is 5.41 Å². The molecule has 1 rings (SSSR count).